The van der Waals surface area contributed by atoms with Gasteiger partial charge in [-0.25, -0.2) is 18.6 Å². The number of hydrogen-bond acceptors (Lipinski definition) is 3. The highest BCUT2D eigenvalue weighted by Crippen LogP contribution is 2.25. The number of ether oxygens (including phenoxy) is 1. The standard InChI is InChI=1S/C15H12BrF2N3O2/c16-10-3-2-6-19-14(10)23-9-7-21(8-9)15(22)20-13-11(17)4-1-5-12(13)18/h1-6,9H,7-8H2,(H,20,22). The van der Waals surface area contributed by atoms with Crippen molar-refractivity contribution in [1.29, 1.82) is 0 Å². The summed E-state index contributed by atoms with van der Waals surface area (Å²) in [6.07, 6.45) is 1.39. The Morgan fingerprint density at radius 3 is 2.61 bits per heavy atom. The molecule has 0 saturated carbocycles. The van der Waals surface area contributed by atoms with Crippen molar-refractivity contribution in [3.63, 3.8) is 0 Å². The zero-order valence-electron chi connectivity index (χ0n) is 11.8. The molecule has 1 fully saturated rings. The third-order valence-electron chi connectivity index (χ3n) is 3.33. The van der Waals surface area contributed by atoms with E-state index in [1.165, 1.54) is 11.0 Å². The van der Waals surface area contributed by atoms with Crippen LogP contribution in [-0.4, -0.2) is 35.1 Å². The van der Waals surface area contributed by atoms with Crippen LogP contribution in [0.5, 0.6) is 5.88 Å². The first kappa shape index (κ1) is 15.7. The van der Waals surface area contributed by atoms with Crippen LogP contribution in [0.2, 0.25) is 0 Å². The van der Waals surface area contributed by atoms with Crippen molar-refractivity contribution in [3.05, 3.63) is 52.6 Å². The Morgan fingerprint density at radius 2 is 1.96 bits per heavy atom. The van der Waals surface area contributed by atoms with Crippen molar-refractivity contribution >= 4 is 27.6 Å². The number of urea groups is 1. The van der Waals surface area contributed by atoms with E-state index in [1.54, 1.807) is 18.3 Å². The molecule has 23 heavy (non-hydrogen) atoms. The number of nitrogens with one attached hydrogen (secondary N) is 1. The van der Waals surface area contributed by atoms with Crippen LogP contribution in [0.15, 0.2) is 41.0 Å². The average Bonchev–Trinajstić information content (AvgIpc) is 2.48. The highest BCUT2D eigenvalue weighted by molar-refractivity contribution is 9.10. The highest BCUT2D eigenvalue weighted by atomic mass is 79.9. The number of rotatable bonds is 3. The minimum Gasteiger partial charge on any atom is -0.470 e. The second-order valence-corrected chi connectivity index (χ2v) is 5.82. The molecule has 1 aliphatic heterocycles. The van der Waals surface area contributed by atoms with Crippen LogP contribution in [0.4, 0.5) is 19.3 Å². The number of halogens is 3. The first-order valence-corrected chi connectivity index (χ1v) is 7.61. The van der Waals surface area contributed by atoms with E-state index in [1.807, 2.05) is 0 Å². The van der Waals surface area contributed by atoms with Crippen LogP contribution < -0.4 is 10.1 Å². The van der Waals surface area contributed by atoms with Crippen LogP contribution in [0, 0.1) is 11.6 Å². The van der Waals surface area contributed by atoms with Gasteiger partial charge in [-0.15, -0.1) is 0 Å². The second-order valence-electron chi connectivity index (χ2n) is 4.96. The molecule has 1 aromatic carbocycles. The van der Waals surface area contributed by atoms with Crippen LogP contribution in [0.1, 0.15) is 0 Å². The van der Waals surface area contributed by atoms with Gasteiger partial charge in [-0.3, -0.25) is 0 Å². The molecule has 1 N–H and O–H groups in total. The van der Waals surface area contributed by atoms with E-state index in [0.29, 0.717) is 19.0 Å². The fourth-order valence-corrected chi connectivity index (χ4v) is 2.45. The summed E-state index contributed by atoms with van der Waals surface area (Å²) in [4.78, 5) is 17.4. The van der Waals surface area contributed by atoms with Crippen molar-refractivity contribution in [1.82, 2.24) is 9.88 Å². The SMILES string of the molecule is O=C(Nc1c(F)cccc1F)N1CC(Oc2ncccc2Br)C1. The van der Waals surface area contributed by atoms with E-state index in [2.05, 4.69) is 26.2 Å². The number of pyridine rings is 1. The first-order chi connectivity index (χ1) is 11.0. The average molecular weight is 384 g/mol. The van der Waals surface area contributed by atoms with Gasteiger partial charge in [0.1, 0.15) is 23.4 Å². The number of amides is 2. The van der Waals surface area contributed by atoms with Gasteiger partial charge in [-0.2, -0.15) is 0 Å². The van der Waals surface area contributed by atoms with Crippen molar-refractivity contribution < 1.29 is 18.3 Å². The molecule has 2 heterocycles. The molecule has 0 atom stereocenters. The largest absolute Gasteiger partial charge is 0.470 e. The number of hydrogen-bond donors (Lipinski definition) is 1. The van der Waals surface area contributed by atoms with E-state index in [-0.39, 0.29) is 6.10 Å². The Labute approximate surface area is 139 Å². The Hall–Kier alpha value is -2.22. The third-order valence-corrected chi connectivity index (χ3v) is 3.94. The Bertz CT molecular complexity index is 718. The van der Waals surface area contributed by atoms with Crippen molar-refractivity contribution in [3.8, 4) is 5.88 Å². The lowest BCUT2D eigenvalue weighted by atomic mass is 10.2. The van der Waals surface area contributed by atoms with Crippen molar-refractivity contribution in [2.24, 2.45) is 0 Å². The van der Waals surface area contributed by atoms with Gasteiger partial charge >= 0.3 is 6.03 Å². The number of anilines is 1. The van der Waals surface area contributed by atoms with E-state index >= 15 is 0 Å². The van der Waals surface area contributed by atoms with Crippen LogP contribution in [0.25, 0.3) is 0 Å². The van der Waals surface area contributed by atoms with Crippen LogP contribution in [0.3, 0.4) is 0 Å². The van der Waals surface area contributed by atoms with Crippen LogP contribution in [-0.2, 0) is 0 Å². The molecule has 1 aromatic heterocycles. The molecular weight excluding hydrogens is 372 g/mol. The third kappa shape index (κ3) is 3.42. The minimum atomic E-state index is -0.816. The van der Waals surface area contributed by atoms with Crippen molar-refractivity contribution in [2.45, 2.75) is 6.10 Å². The van der Waals surface area contributed by atoms with E-state index in [0.717, 1.165) is 16.6 Å². The Balaban J connectivity index is 1.55. The summed E-state index contributed by atoms with van der Waals surface area (Å²) in [5.41, 5.74) is -0.450. The highest BCUT2D eigenvalue weighted by Gasteiger charge is 2.33. The number of benzene rings is 1. The quantitative estimate of drug-likeness (QED) is 0.883. The van der Waals surface area contributed by atoms with Gasteiger partial charge in [-0.05, 0) is 40.2 Å². The summed E-state index contributed by atoms with van der Waals surface area (Å²) < 4.78 is 33.3. The molecule has 0 bridgehead atoms. The van der Waals surface area contributed by atoms with Crippen LogP contribution >= 0.6 is 15.9 Å². The predicted molar refractivity (Wildman–Crippen MR) is 83.3 cm³/mol. The molecule has 0 radical (unpaired) electrons. The Morgan fingerprint density at radius 1 is 1.26 bits per heavy atom. The second kappa shape index (κ2) is 6.49. The maximum Gasteiger partial charge on any atom is 0.322 e. The fraction of sp³-hybridized carbons (Fsp3) is 0.200. The van der Waals surface area contributed by atoms with Gasteiger partial charge in [0.2, 0.25) is 5.88 Å². The number of likely N-dealkylation sites (tertiary alicyclic amines) is 1. The molecule has 2 aromatic rings. The molecule has 1 aliphatic rings. The number of nitrogens with zero attached hydrogens (tertiary/aromatic N) is 2. The summed E-state index contributed by atoms with van der Waals surface area (Å²) in [5.74, 6) is -1.19. The number of para-hydroxylation sites is 1. The number of aromatic nitrogens is 1. The lowest BCUT2D eigenvalue weighted by molar-refractivity contribution is 0.0454. The van der Waals surface area contributed by atoms with Gasteiger partial charge < -0.3 is 15.0 Å². The molecule has 2 amide bonds. The monoisotopic (exact) mass is 383 g/mol. The van der Waals surface area contributed by atoms with E-state index in [4.69, 9.17) is 4.74 Å². The van der Waals surface area contributed by atoms with Gasteiger partial charge in [0.15, 0.2) is 0 Å². The normalized spacial score (nSPS) is 14.3. The van der Waals surface area contributed by atoms with E-state index in [9.17, 15) is 13.6 Å². The van der Waals surface area contributed by atoms with Gasteiger partial charge in [0.25, 0.3) is 0 Å². The number of carbonyl (C=O) groups is 1. The summed E-state index contributed by atoms with van der Waals surface area (Å²) in [5, 5.41) is 2.23. The maximum absolute atomic E-state index is 13.5. The minimum absolute atomic E-state index is 0.211. The van der Waals surface area contributed by atoms with Gasteiger partial charge in [0.05, 0.1) is 17.6 Å². The lowest BCUT2D eigenvalue weighted by Gasteiger charge is -2.38. The molecule has 5 nitrogen and oxygen atoms in total. The number of carbonyl (C=O) groups excluding carboxylic acids is 1. The molecule has 0 spiro atoms. The molecule has 120 valence electrons. The maximum atomic E-state index is 13.5. The molecule has 3 rings (SSSR count). The molecule has 8 heteroatoms. The topological polar surface area (TPSA) is 54.5 Å². The summed E-state index contributed by atoms with van der Waals surface area (Å²) in [6, 6.07) is 6.39. The zero-order chi connectivity index (χ0) is 16.4. The first-order valence-electron chi connectivity index (χ1n) is 6.81. The summed E-state index contributed by atoms with van der Waals surface area (Å²) in [7, 11) is 0. The fourth-order valence-electron chi connectivity index (χ4n) is 2.10. The smallest absolute Gasteiger partial charge is 0.322 e. The summed E-state index contributed by atoms with van der Waals surface area (Å²) >= 11 is 3.32. The molecule has 0 aliphatic carbocycles. The lowest BCUT2D eigenvalue weighted by Crippen LogP contribution is -2.57. The summed E-state index contributed by atoms with van der Waals surface area (Å²) in [6.45, 7) is 0.621. The zero-order valence-corrected chi connectivity index (χ0v) is 13.4. The van der Waals surface area contributed by atoms with Gasteiger partial charge in [0, 0.05) is 6.20 Å². The molecular formula is C15H12BrF2N3O2. The van der Waals surface area contributed by atoms with Gasteiger partial charge in [-0.1, -0.05) is 6.07 Å². The Kier molecular flexibility index (Phi) is 4.42. The molecule has 1 saturated heterocycles. The van der Waals surface area contributed by atoms with Crippen molar-refractivity contribution in [2.75, 3.05) is 18.4 Å². The van der Waals surface area contributed by atoms with E-state index < -0.39 is 23.4 Å². The predicted octanol–water partition coefficient (Wildman–Crippen LogP) is 3.42. The molecule has 0 unspecified atom stereocenters.